The third kappa shape index (κ3) is 2.27. The van der Waals surface area contributed by atoms with Crippen LogP contribution in [0.25, 0.3) is 11.0 Å². The number of hydrogen-bond donors (Lipinski definition) is 2. The van der Waals surface area contributed by atoms with Crippen LogP contribution in [0.1, 0.15) is 31.5 Å². The topological polar surface area (TPSA) is 66.0 Å². The number of aromatic amines is 1. The van der Waals surface area contributed by atoms with Crippen molar-refractivity contribution >= 4 is 32.9 Å². The third-order valence-electron chi connectivity index (χ3n) is 3.93. The van der Waals surface area contributed by atoms with Crippen molar-refractivity contribution in [1.82, 2.24) is 9.97 Å². The molecular weight excluding hydrogens is 308 g/mol. The van der Waals surface area contributed by atoms with E-state index in [1.54, 1.807) is 0 Å². The minimum absolute atomic E-state index is 0.00123. The second-order valence-electron chi connectivity index (χ2n) is 5.41. The van der Waals surface area contributed by atoms with Gasteiger partial charge in [-0.1, -0.05) is 22.9 Å². The Balaban J connectivity index is 2.01. The molecule has 5 heteroatoms. The molecule has 1 aliphatic rings. The second-order valence-corrected chi connectivity index (χ2v) is 6.33. The van der Waals surface area contributed by atoms with Gasteiger partial charge in [0.05, 0.1) is 17.0 Å². The lowest BCUT2D eigenvalue weighted by molar-refractivity contribution is -0.142. The number of carbonyl (C=O) groups is 1. The number of aliphatic carboxylic acids is 1. The van der Waals surface area contributed by atoms with E-state index in [1.807, 2.05) is 18.2 Å². The fourth-order valence-corrected chi connectivity index (χ4v) is 3.41. The van der Waals surface area contributed by atoms with Gasteiger partial charge in [0.25, 0.3) is 0 Å². The van der Waals surface area contributed by atoms with Gasteiger partial charge >= 0.3 is 5.97 Å². The monoisotopic (exact) mass is 322 g/mol. The van der Waals surface area contributed by atoms with Crippen molar-refractivity contribution in [2.24, 2.45) is 11.8 Å². The van der Waals surface area contributed by atoms with Gasteiger partial charge in [0.2, 0.25) is 0 Å². The normalized spacial score (nSPS) is 26.9. The summed E-state index contributed by atoms with van der Waals surface area (Å²) < 4.78 is 0.991. The van der Waals surface area contributed by atoms with Crippen molar-refractivity contribution in [3.8, 4) is 0 Å². The van der Waals surface area contributed by atoms with E-state index in [4.69, 9.17) is 0 Å². The highest BCUT2D eigenvalue weighted by molar-refractivity contribution is 9.10. The Hall–Kier alpha value is -1.36. The molecule has 3 unspecified atom stereocenters. The summed E-state index contributed by atoms with van der Waals surface area (Å²) in [5, 5.41) is 9.33. The van der Waals surface area contributed by atoms with Gasteiger partial charge in [0, 0.05) is 10.4 Å². The molecule has 2 N–H and O–H groups in total. The number of carboxylic acids is 1. The van der Waals surface area contributed by atoms with Crippen LogP contribution in [0.5, 0.6) is 0 Å². The Morgan fingerprint density at radius 3 is 3.00 bits per heavy atom. The standard InChI is InChI=1S/C14H15BrN2O2/c1-7-4-9(10(5-7)14(18)19)13-16-11-3-2-8(15)6-12(11)17-13/h2-3,6-7,9-10H,4-5H2,1H3,(H,16,17)(H,18,19). The van der Waals surface area contributed by atoms with Crippen LogP contribution in [0.3, 0.4) is 0 Å². The highest BCUT2D eigenvalue weighted by Crippen LogP contribution is 2.42. The lowest BCUT2D eigenvalue weighted by Gasteiger charge is -2.12. The molecule has 4 nitrogen and oxygen atoms in total. The summed E-state index contributed by atoms with van der Waals surface area (Å²) in [5.74, 6) is 0.213. The molecule has 1 heterocycles. The summed E-state index contributed by atoms with van der Waals surface area (Å²) in [6, 6.07) is 5.85. The van der Waals surface area contributed by atoms with E-state index in [-0.39, 0.29) is 11.8 Å². The molecule has 1 aliphatic carbocycles. The van der Waals surface area contributed by atoms with Gasteiger partial charge in [-0.3, -0.25) is 4.79 Å². The molecular formula is C14H15BrN2O2. The fraction of sp³-hybridized carbons (Fsp3) is 0.429. The summed E-state index contributed by atoms with van der Waals surface area (Å²) in [4.78, 5) is 19.2. The molecule has 0 aliphatic heterocycles. The minimum atomic E-state index is -0.712. The second kappa shape index (κ2) is 4.63. The van der Waals surface area contributed by atoms with Crippen LogP contribution in [-0.4, -0.2) is 21.0 Å². The molecule has 1 saturated carbocycles. The van der Waals surface area contributed by atoms with E-state index in [2.05, 4.69) is 32.8 Å². The van der Waals surface area contributed by atoms with Crippen molar-refractivity contribution in [3.63, 3.8) is 0 Å². The molecule has 0 amide bonds. The van der Waals surface area contributed by atoms with Gasteiger partial charge < -0.3 is 10.1 Å². The summed E-state index contributed by atoms with van der Waals surface area (Å²) in [5.41, 5.74) is 1.84. The van der Waals surface area contributed by atoms with E-state index in [0.717, 1.165) is 34.2 Å². The summed E-state index contributed by atoms with van der Waals surface area (Å²) >= 11 is 3.43. The third-order valence-corrected chi connectivity index (χ3v) is 4.42. The number of aromatic nitrogens is 2. The highest BCUT2D eigenvalue weighted by atomic mass is 79.9. The molecule has 19 heavy (non-hydrogen) atoms. The predicted octanol–water partition coefficient (Wildman–Crippen LogP) is 3.54. The summed E-state index contributed by atoms with van der Waals surface area (Å²) in [6.45, 7) is 2.11. The van der Waals surface area contributed by atoms with Crippen LogP contribution in [0, 0.1) is 11.8 Å². The van der Waals surface area contributed by atoms with Crippen LogP contribution in [0.4, 0.5) is 0 Å². The van der Waals surface area contributed by atoms with Crippen LogP contribution >= 0.6 is 15.9 Å². The minimum Gasteiger partial charge on any atom is -0.481 e. The first-order valence-corrected chi connectivity index (χ1v) is 7.22. The van der Waals surface area contributed by atoms with Crippen molar-refractivity contribution < 1.29 is 9.90 Å². The smallest absolute Gasteiger partial charge is 0.307 e. The maximum atomic E-state index is 11.4. The molecule has 1 fully saturated rings. The Kier molecular flexibility index (Phi) is 3.09. The molecule has 0 bridgehead atoms. The fourth-order valence-electron chi connectivity index (χ4n) is 3.04. The first kappa shape index (κ1) is 12.7. The molecule has 0 spiro atoms. The molecule has 0 saturated heterocycles. The van der Waals surface area contributed by atoms with Gasteiger partial charge in [-0.05, 0) is 37.0 Å². The largest absolute Gasteiger partial charge is 0.481 e. The Bertz CT molecular complexity index is 637. The Morgan fingerprint density at radius 1 is 1.47 bits per heavy atom. The van der Waals surface area contributed by atoms with E-state index >= 15 is 0 Å². The quantitative estimate of drug-likeness (QED) is 0.888. The van der Waals surface area contributed by atoms with Crippen LogP contribution in [-0.2, 0) is 4.79 Å². The Labute approximate surface area is 119 Å². The number of carboxylic acid groups (broad SMARTS) is 1. The molecule has 1 aromatic carbocycles. The lowest BCUT2D eigenvalue weighted by atomic mass is 9.96. The highest BCUT2D eigenvalue weighted by Gasteiger charge is 2.39. The van der Waals surface area contributed by atoms with Gasteiger partial charge in [0.15, 0.2) is 0 Å². The number of imidazole rings is 1. The van der Waals surface area contributed by atoms with Gasteiger partial charge in [-0.25, -0.2) is 4.98 Å². The number of rotatable bonds is 2. The molecule has 3 rings (SSSR count). The number of halogens is 1. The average molecular weight is 323 g/mol. The molecule has 0 radical (unpaired) electrons. The van der Waals surface area contributed by atoms with Crippen molar-refractivity contribution in [2.45, 2.75) is 25.7 Å². The first-order chi connectivity index (χ1) is 9.04. The van der Waals surface area contributed by atoms with Gasteiger partial charge in [-0.15, -0.1) is 0 Å². The SMILES string of the molecule is CC1CC(C(=O)O)C(c2nc3ccc(Br)cc3[nH]2)C1. The first-order valence-electron chi connectivity index (χ1n) is 6.42. The van der Waals surface area contributed by atoms with Crippen LogP contribution in [0.2, 0.25) is 0 Å². The number of hydrogen-bond acceptors (Lipinski definition) is 2. The predicted molar refractivity (Wildman–Crippen MR) is 76.1 cm³/mol. The van der Waals surface area contributed by atoms with Crippen molar-refractivity contribution in [1.29, 1.82) is 0 Å². The van der Waals surface area contributed by atoms with Gasteiger partial charge in [-0.2, -0.15) is 0 Å². The number of nitrogens with one attached hydrogen (secondary N) is 1. The summed E-state index contributed by atoms with van der Waals surface area (Å²) in [7, 11) is 0. The zero-order valence-corrected chi connectivity index (χ0v) is 12.1. The lowest BCUT2D eigenvalue weighted by Crippen LogP contribution is -2.17. The van der Waals surface area contributed by atoms with Crippen LogP contribution < -0.4 is 0 Å². The zero-order chi connectivity index (χ0) is 13.6. The molecule has 1 aromatic heterocycles. The van der Waals surface area contributed by atoms with Crippen molar-refractivity contribution in [2.75, 3.05) is 0 Å². The van der Waals surface area contributed by atoms with Crippen molar-refractivity contribution in [3.05, 3.63) is 28.5 Å². The van der Waals surface area contributed by atoms with E-state index in [0.29, 0.717) is 5.92 Å². The molecule has 2 aromatic rings. The number of benzene rings is 1. The van der Waals surface area contributed by atoms with Gasteiger partial charge in [0.1, 0.15) is 5.82 Å². The maximum Gasteiger partial charge on any atom is 0.307 e. The number of H-pyrrole nitrogens is 1. The molecule has 100 valence electrons. The van der Waals surface area contributed by atoms with Crippen LogP contribution in [0.15, 0.2) is 22.7 Å². The van der Waals surface area contributed by atoms with E-state index in [9.17, 15) is 9.90 Å². The maximum absolute atomic E-state index is 11.4. The summed E-state index contributed by atoms with van der Waals surface area (Å²) in [6.07, 6.45) is 1.62. The van der Waals surface area contributed by atoms with E-state index < -0.39 is 5.97 Å². The zero-order valence-electron chi connectivity index (χ0n) is 10.6. The van der Waals surface area contributed by atoms with E-state index in [1.165, 1.54) is 0 Å². The Morgan fingerprint density at radius 2 is 2.26 bits per heavy atom. The average Bonchev–Trinajstić information content (AvgIpc) is 2.91. The molecule has 3 atom stereocenters. The number of fused-ring (bicyclic) bond motifs is 1. The number of nitrogens with zero attached hydrogens (tertiary/aromatic N) is 1.